The van der Waals surface area contributed by atoms with Crippen molar-refractivity contribution in [3.05, 3.63) is 11.1 Å². The molecule has 0 aliphatic carbocycles. The van der Waals surface area contributed by atoms with Crippen molar-refractivity contribution >= 4 is 29.1 Å². The molecule has 1 aliphatic heterocycles. The number of hydrogen-bond donors (Lipinski definition) is 0. The number of rotatable bonds is 2. The molecule has 2 rings (SSSR count). The first-order valence-corrected chi connectivity index (χ1v) is 7.02. The minimum absolute atomic E-state index is 0.0565. The third-order valence-electron chi connectivity index (χ3n) is 2.38. The normalized spacial score (nSPS) is 21.2. The number of thioether (sulfide) groups is 1. The SMILES string of the molecule is CC(C)(C)c1csc(SC2CCOC2=O)n1. The number of esters is 1. The van der Waals surface area contributed by atoms with E-state index in [1.54, 1.807) is 11.3 Å². The number of carbonyl (C=O) groups excluding carboxylic acids is 1. The van der Waals surface area contributed by atoms with Crippen LogP contribution >= 0.6 is 23.1 Å². The quantitative estimate of drug-likeness (QED) is 0.764. The van der Waals surface area contributed by atoms with Crippen LogP contribution in [-0.4, -0.2) is 22.8 Å². The Balaban J connectivity index is 2.05. The Morgan fingerprint density at radius 1 is 1.56 bits per heavy atom. The molecule has 0 saturated carbocycles. The highest BCUT2D eigenvalue weighted by Gasteiger charge is 2.29. The Bertz CT molecular complexity index is 395. The third kappa shape index (κ3) is 2.58. The fraction of sp³-hybridized carbons (Fsp3) is 0.636. The monoisotopic (exact) mass is 257 g/mol. The fourth-order valence-corrected chi connectivity index (χ4v) is 3.62. The lowest BCUT2D eigenvalue weighted by molar-refractivity contribution is -0.137. The van der Waals surface area contributed by atoms with E-state index in [0.29, 0.717) is 6.61 Å². The second-order valence-corrected chi connectivity index (χ2v) is 7.12. The molecule has 5 heteroatoms. The van der Waals surface area contributed by atoms with E-state index in [0.717, 1.165) is 16.5 Å². The summed E-state index contributed by atoms with van der Waals surface area (Å²) in [7, 11) is 0. The predicted molar refractivity (Wildman–Crippen MR) is 66.0 cm³/mol. The maximum absolute atomic E-state index is 11.3. The Morgan fingerprint density at radius 2 is 2.31 bits per heavy atom. The molecule has 2 heterocycles. The first kappa shape index (κ1) is 11.9. The van der Waals surface area contributed by atoms with Gasteiger partial charge in [0.15, 0.2) is 4.34 Å². The Hall–Kier alpha value is -0.550. The van der Waals surface area contributed by atoms with E-state index < -0.39 is 0 Å². The standard InChI is InChI=1S/C11H15NO2S2/c1-11(2,3)8-6-15-10(12-8)16-7-4-5-14-9(7)13/h6-7H,4-5H2,1-3H3. The number of cyclic esters (lactones) is 1. The highest BCUT2D eigenvalue weighted by Crippen LogP contribution is 2.34. The predicted octanol–water partition coefficient (Wildman–Crippen LogP) is 2.85. The van der Waals surface area contributed by atoms with Crippen LogP contribution in [0.4, 0.5) is 0 Å². The van der Waals surface area contributed by atoms with Crippen LogP contribution in [0.1, 0.15) is 32.9 Å². The van der Waals surface area contributed by atoms with Gasteiger partial charge in [0.2, 0.25) is 0 Å². The zero-order valence-corrected chi connectivity index (χ0v) is 11.3. The summed E-state index contributed by atoms with van der Waals surface area (Å²) in [5.74, 6) is -0.0995. The molecule has 1 aliphatic rings. The smallest absolute Gasteiger partial charge is 0.319 e. The number of aromatic nitrogens is 1. The summed E-state index contributed by atoms with van der Waals surface area (Å²) in [4.78, 5) is 15.9. The minimum atomic E-state index is -0.0995. The second-order valence-electron chi connectivity index (χ2n) is 4.81. The van der Waals surface area contributed by atoms with Crippen LogP contribution in [0, 0.1) is 0 Å². The molecule has 1 saturated heterocycles. The number of thiazole rings is 1. The molecule has 0 radical (unpaired) electrons. The van der Waals surface area contributed by atoms with E-state index in [4.69, 9.17) is 4.74 Å². The molecule has 3 nitrogen and oxygen atoms in total. The number of ether oxygens (including phenoxy) is 1. The summed E-state index contributed by atoms with van der Waals surface area (Å²) in [6.07, 6.45) is 0.800. The average molecular weight is 257 g/mol. The van der Waals surface area contributed by atoms with Crippen molar-refractivity contribution in [2.75, 3.05) is 6.61 Å². The van der Waals surface area contributed by atoms with Crippen LogP contribution in [-0.2, 0) is 14.9 Å². The lowest BCUT2D eigenvalue weighted by Crippen LogP contribution is -2.12. The molecule has 0 N–H and O–H groups in total. The Kier molecular flexibility index (Phi) is 3.26. The maximum Gasteiger partial charge on any atom is 0.319 e. The number of carbonyl (C=O) groups is 1. The van der Waals surface area contributed by atoms with Gasteiger partial charge in [0, 0.05) is 17.2 Å². The largest absolute Gasteiger partial charge is 0.465 e. The summed E-state index contributed by atoms with van der Waals surface area (Å²) in [6, 6.07) is 0. The van der Waals surface area contributed by atoms with Gasteiger partial charge in [0.05, 0.1) is 12.3 Å². The molecule has 1 fully saturated rings. The van der Waals surface area contributed by atoms with Crippen molar-refractivity contribution in [2.45, 2.75) is 42.2 Å². The van der Waals surface area contributed by atoms with Crippen LogP contribution in [0.2, 0.25) is 0 Å². The molecule has 1 aromatic rings. The molecule has 0 aromatic carbocycles. The number of nitrogens with zero attached hydrogens (tertiary/aromatic N) is 1. The van der Waals surface area contributed by atoms with Crippen molar-refractivity contribution in [3.63, 3.8) is 0 Å². The lowest BCUT2D eigenvalue weighted by Gasteiger charge is -2.14. The van der Waals surface area contributed by atoms with E-state index in [2.05, 4.69) is 31.1 Å². The minimum Gasteiger partial charge on any atom is -0.465 e. The first-order valence-electron chi connectivity index (χ1n) is 5.26. The van der Waals surface area contributed by atoms with Crippen molar-refractivity contribution in [3.8, 4) is 0 Å². The van der Waals surface area contributed by atoms with Crippen molar-refractivity contribution in [1.82, 2.24) is 4.98 Å². The van der Waals surface area contributed by atoms with Crippen LogP contribution in [0.5, 0.6) is 0 Å². The topological polar surface area (TPSA) is 39.2 Å². The molecule has 0 bridgehead atoms. The molecular weight excluding hydrogens is 242 g/mol. The Morgan fingerprint density at radius 3 is 2.81 bits per heavy atom. The van der Waals surface area contributed by atoms with Gasteiger partial charge in [-0.15, -0.1) is 11.3 Å². The van der Waals surface area contributed by atoms with Crippen LogP contribution < -0.4 is 0 Å². The molecule has 1 atom stereocenters. The van der Waals surface area contributed by atoms with Crippen molar-refractivity contribution in [2.24, 2.45) is 0 Å². The van der Waals surface area contributed by atoms with Gasteiger partial charge in [-0.2, -0.15) is 0 Å². The number of hydrogen-bond acceptors (Lipinski definition) is 5. The highest BCUT2D eigenvalue weighted by atomic mass is 32.2. The highest BCUT2D eigenvalue weighted by molar-refractivity contribution is 8.02. The van der Waals surface area contributed by atoms with Crippen molar-refractivity contribution in [1.29, 1.82) is 0 Å². The summed E-state index contributed by atoms with van der Waals surface area (Å²) < 4.78 is 5.90. The Labute approximate surface area is 104 Å². The van der Waals surface area contributed by atoms with Crippen LogP contribution in [0.3, 0.4) is 0 Å². The maximum atomic E-state index is 11.3. The molecule has 88 valence electrons. The zero-order chi connectivity index (χ0) is 11.8. The van der Waals surface area contributed by atoms with E-state index in [1.165, 1.54) is 11.8 Å². The van der Waals surface area contributed by atoms with Gasteiger partial charge in [0.1, 0.15) is 5.25 Å². The summed E-state index contributed by atoms with van der Waals surface area (Å²) >= 11 is 3.14. The van der Waals surface area contributed by atoms with Gasteiger partial charge >= 0.3 is 5.97 Å². The molecule has 1 unspecified atom stereocenters. The zero-order valence-electron chi connectivity index (χ0n) is 9.65. The van der Waals surface area contributed by atoms with Gasteiger partial charge in [-0.3, -0.25) is 4.79 Å². The first-order chi connectivity index (χ1) is 7.47. The second kappa shape index (κ2) is 4.37. The van der Waals surface area contributed by atoms with Gasteiger partial charge in [0.25, 0.3) is 0 Å². The summed E-state index contributed by atoms with van der Waals surface area (Å²) in [5.41, 5.74) is 1.16. The molecule has 0 spiro atoms. The fourth-order valence-electron chi connectivity index (χ4n) is 1.36. The van der Waals surface area contributed by atoms with Crippen LogP contribution in [0.15, 0.2) is 9.72 Å². The summed E-state index contributed by atoms with van der Waals surface area (Å²) in [5, 5.41) is 2.02. The molecule has 0 amide bonds. The molecule has 1 aromatic heterocycles. The lowest BCUT2D eigenvalue weighted by atomic mass is 9.93. The van der Waals surface area contributed by atoms with E-state index in [-0.39, 0.29) is 16.6 Å². The molecule has 16 heavy (non-hydrogen) atoms. The van der Waals surface area contributed by atoms with Gasteiger partial charge in [-0.05, 0) is 0 Å². The average Bonchev–Trinajstić information content (AvgIpc) is 2.76. The summed E-state index contributed by atoms with van der Waals surface area (Å²) in [6.45, 7) is 6.97. The van der Waals surface area contributed by atoms with Gasteiger partial charge in [-0.25, -0.2) is 4.98 Å². The van der Waals surface area contributed by atoms with E-state index >= 15 is 0 Å². The van der Waals surface area contributed by atoms with E-state index in [1.807, 2.05) is 0 Å². The third-order valence-corrected chi connectivity index (χ3v) is 4.60. The van der Waals surface area contributed by atoms with E-state index in [9.17, 15) is 4.79 Å². The van der Waals surface area contributed by atoms with Crippen molar-refractivity contribution < 1.29 is 9.53 Å². The molecular formula is C11H15NO2S2. The van der Waals surface area contributed by atoms with Gasteiger partial charge < -0.3 is 4.74 Å². The van der Waals surface area contributed by atoms with Crippen LogP contribution in [0.25, 0.3) is 0 Å². The van der Waals surface area contributed by atoms with Gasteiger partial charge in [-0.1, -0.05) is 32.5 Å².